The summed E-state index contributed by atoms with van der Waals surface area (Å²) in [5.41, 5.74) is -0.743. The maximum Gasteiger partial charge on any atom is 0.449 e. The molecule has 39 heavy (non-hydrogen) atoms. The van der Waals surface area contributed by atoms with Crippen LogP contribution in [0.1, 0.15) is 50.3 Å². The van der Waals surface area contributed by atoms with E-state index < -0.39 is 65.1 Å². The van der Waals surface area contributed by atoms with Crippen LogP contribution in [0.5, 0.6) is 0 Å². The molecule has 7 nitrogen and oxygen atoms in total. The van der Waals surface area contributed by atoms with Crippen LogP contribution in [0.15, 0.2) is 29.0 Å². The number of rotatable bonds is 5. The maximum atomic E-state index is 14.6. The van der Waals surface area contributed by atoms with Crippen molar-refractivity contribution in [3.05, 3.63) is 63.5 Å². The molecule has 3 aromatic rings. The first-order valence-electron chi connectivity index (χ1n) is 11.7. The number of hydrogen-bond donors (Lipinski definition) is 1. The van der Waals surface area contributed by atoms with Crippen LogP contribution in [0.25, 0.3) is 11.3 Å². The lowest BCUT2D eigenvalue weighted by Crippen LogP contribution is -2.42. The highest BCUT2D eigenvalue weighted by Gasteiger charge is 2.41. The summed E-state index contributed by atoms with van der Waals surface area (Å²) >= 11 is 1.27. The molecule has 0 saturated carbocycles. The number of ether oxygens (including phenoxy) is 1. The van der Waals surface area contributed by atoms with Gasteiger partial charge in [0.2, 0.25) is 11.7 Å². The van der Waals surface area contributed by atoms with Gasteiger partial charge in [-0.1, -0.05) is 0 Å². The minimum Gasteiger partial charge on any atom is -0.444 e. The van der Waals surface area contributed by atoms with Crippen molar-refractivity contribution in [1.82, 2.24) is 19.8 Å². The Balaban J connectivity index is 1.63. The van der Waals surface area contributed by atoms with Gasteiger partial charge in [0.05, 0.1) is 30.4 Å². The highest BCUT2D eigenvalue weighted by atomic mass is 32.1. The zero-order chi connectivity index (χ0) is 28.7. The Morgan fingerprint density at radius 2 is 1.79 bits per heavy atom. The molecule has 210 valence electrons. The van der Waals surface area contributed by atoms with Crippen molar-refractivity contribution in [3.8, 4) is 11.3 Å². The van der Waals surface area contributed by atoms with Crippen molar-refractivity contribution < 1.29 is 40.7 Å². The average Bonchev–Trinajstić information content (AvgIpc) is 3.47. The number of alkyl halides is 3. The number of benzene rings is 1. The fourth-order valence-corrected chi connectivity index (χ4v) is 4.87. The van der Waals surface area contributed by atoms with Crippen molar-refractivity contribution in [2.45, 2.75) is 58.1 Å². The normalized spacial score (nSPS) is 14.6. The van der Waals surface area contributed by atoms with Gasteiger partial charge in [-0.15, -0.1) is 0 Å². The lowest BCUT2D eigenvalue weighted by molar-refractivity contribution is -0.148. The lowest BCUT2D eigenvalue weighted by Gasteiger charge is -2.31. The second-order valence-corrected chi connectivity index (χ2v) is 10.7. The van der Waals surface area contributed by atoms with Gasteiger partial charge in [-0.3, -0.25) is 4.79 Å². The first-order valence-corrected chi connectivity index (χ1v) is 12.7. The van der Waals surface area contributed by atoms with E-state index in [1.165, 1.54) is 16.2 Å². The van der Waals surface area contributed by atoms with E-state index in [2.05, 4.69) is 10.3 Å². The van der Waals surface area contributed by atoms with Gasteiger partial charge < -0.3 is 19.5 Å². The topological polar surface area (TPSA) is 76.5 Å². The molecule has 0 fully saturated rings. The van der Waals surface area contributed by atoms with Crippen LogP contribution in [0.2, 0.25) is 0 Å². The number of imidazole rings is 1. The highest BCUT2D eigenvalue weighted by Crippen LogP contribution is 2.37. The van der Waals surface area contributed by atoms with E-state index in [-0.39, 0.29) is 31.0 Å². The Labute approximate surface area is 223 Å². The predicted octanol–water partition coefficient (Wildman–Crippen LogP) is 6.05. The minimum absolute atomic E-state index is 0.0798. The van der Waals surface area contributed by atoms with Gasteiger partial charge in [-0.25, -0.2) is 22.9 Å². The number of nitrogens with zero attached hydrogens (tertiary/aromatic N) is 3. The van der Waals surface area contributed by atoms with Crippen molar-refractivity contribution in [2.24, 2.45) is 0 Å². The molecular formula is C25H24F6N4O3S. The van der Waals surface area contributed by atoms with Crippen molar-refractivity contribution in [1.29, 1.82) is 0 Å². The zero-order valence-corrected chi connectivity index (χ0v) is 21.9. The van der Waals surface area contributed by atoms with Gasteiger partial charge in [0.15, 0.2) is 11.6 Å². The summed E-state index contributed by atoms with van der Waals surface area (Å²) in [4.78, 5) is 30.8. The number of amides is 2. The molecule has 0 saturated heterocycles. The standard InChI is InChI=1S/C25H24F6N4O3S/c1-24(2,3)38-23(37)32-18(14-8-16(27)17(28)9-15(14)26)10-20(36)34-5-6-35-19(11-34)21(13-4-7-39-12-13)33-22(35)25(29,30)31/h4,7-9,12,18H,5-6,10-11H2,1-3H3,(H,32,37). The summed E-state index contributed by atoms with van der Waals surface area (Å²) in [7, 11) is 0. The van der Waals surface area contributed by atoms with E-state index in [1.807, 2.05) is 0 Å². The Hall–Kier alpha value is -3.55. The van der Waals surface area contributed by atoms with Crippen LogP contribution < -0.4 is 5.32 Å². The van der Waals surface area contributed by atoms with Crippen LogP contribution in [0, 0.1) is 17.5 Å². The van der Waals surface area contributed by atoms with Crippen LogP contribution in [0.3, 0.4) is 0 Å². The molecule has 1 N–H and O–H groups in total. The number of alkyl carbamates (subject to hydrolysis) is 1. The highest BCUT2D eigenvalue weighted by molar-refractivity contribution is 7.08. The van der Waals surface area contributed by atoms with Crippen molar-refractivity contribution >= 4 is 23.3 Å². The van der Waals surface area contributed by atoms with Gasteiger partial charge in [0.25, 0.3) is 0 Å². The third-order valence-electron chi connectivity index (χ3n) is 5.89. The molecule has 2 amide bonds. The van der Waals surface area contributed by atoms with E-state index in [0.717, 1.165) is 4.57 Å². The lowest BCUT2D eigenvalue weighted by atomic mass is 10.0. The number of fused-ring (bicyclic) bond motifs is 1. The van der Waals surface area contributed by atoms with Crippen LogP contribution in [0.4, 0.5) is 31.1 Å². The molecule has 1 aliphatic rings. The number of thiophene rings is 1. The number of hydrogen-bond acceptors (Lipinski definition) is 5. The monoisotopic (exact) mass is 574 g/mol. The fourth-order valence-electron chi connectivity index (χ4n) is 4.23. The third-order valence-corrected chi connectivity index (χ3v) is 6.58. The van der Waals surface area contributed by atoms with E-state index in [1.54, 1.807) is 37.6 Å². The summed E-state index contributed by atoms with van der Waals surface area (Å²) in [6.07, 6.45) is -6.35. The largest absolute Gasteiger partial charge is 0.449 e. The van der Waals surface area contributed by atoms with Gasteiger partial charge in [-0.2, -0.15) is 24.5 Å². The van der Waals surface area contributed by atoms with Gasteiger partial charge in [-0.05, 0) is 38.3 Å². The number of nitrogens with one attached hydrogen (secondary N) is 1. The number of aromatic nitrogens is 2. The SMILES string of the molecule is CC(C)(C)OC(=O)NC(CC(=O)N1CCn2c(C(F)(F)F)nc(-c3ccsc3)c2C1)c1cc(F)c(F)cc1F. The second-order valence-electron chi connectivity index (χ2n) is 9.90. The molecule has 0 spiro atoms. The summed E-state index contributed by atoms with van der Waals surface area (Å²) in [5.74, 6) is -5.80. The van der Waals surface area contributed by atoms with Crippen LogP contribution in [-0.2, 0) is 28.8 Å². The molecule has 1 aliphatic heterocycles. The molecular weight excluding hydrogens is 550 g/mol. The minimum atomic E-state index is -4.72. The fraction of sp³-hybridized carbons (Fsp3) is 0.400. The third kappa shape index (κ3) is 6.37. The molecule has 1 unspecified atom stereocenters. The predicted molar refractivity (Wildman–Crippen MR) is 129 cm³/mol. The molecule has 14 heteroatoms. The van der Waals surface area contributed by atoms with Gasteiger partial charge in [0.1, 0.15) is 11.4 Å². The molecule has 0 radical (unpaired) electrons. The number of halogens is 6. The molecule has 4 rings (SSSR count). The van der Waals surface area contributed by atoms with Crippen LogP contribution in [-0.4, -0.2) is 38.6 Å². The number of carbonyl (C=O) groups is 2. The van der Waals surface area contributed by atoms with E-state index in [4.69, 9.17) is 4.74 Å². The first kappa shape index (κ1) is 28.5. The molecule has 0 aliphatic carbocycles. The van der Waals surface area contributed by atoms with Crippen LogP contribution >= 0.6 is 11.3 Å². The second kappa shape index (κ2) is 10.5. The van der Waals surface area contributed by atoms with Crippen molar-refractivity contribution in [2.75, 3.05) is 6.54 Å². The summed E-state index contributed by atoms with van der Waals surface area (Å²) in [5, 5.41) is 5.64. The Morgan fingerprint density at radius 1 is 1.10 bits per heavy atom. The van der Waals surface area contributed by atoms with Crippen molar-refractivity contribution in [3.63, 3.8) is 0 Å². The maximum absolute atomic E-state index is 14.6. The van der Waals surface area contributed by atoms with Gasteiger partial charge >= 0.3 is 12.3 Å². The summed E-state index contributed by atoms with van der Waals surface area (Å²) in [6, 6.07) is 0.984. The zero-order valence-electron chi connectivity index (χ0n) is 21.0. The van der Waals surface area contributed by atoms with E-state index in [9.17, 15) is 35.9 Å². The summed E-state index contributed by atoms with van der Waals surface area (Å²) < 4.78 is 89.4. The number of carbonyl (C=O) groups excluding carboxylic acids is 2. The Bertz CT molecular complexity index is 1380. The average molecular weight is 575 g/mol. The van der Waals surface area contributed by atoms with E-state index >= 15 is 0 Å². The Kier molecular flexibility index (Phi) is 7.70. The quantitative estimate of drug-likeness (QED) is 0.298. The van der Waals surface area contributed by atoms with E-state index in [0.29, 0.717) is 17.7 Å². The molecule has 2 aromatic heterocycles. The molecule has 1 aromatic carbocycles. The Morgan fingerprint density at radius 3 is 2.41 bits per heavy atom. The smallest absolute Gasteiger partial charge is 0.444 e. The molecule has 0 bridgehead atoms. The first-order chi connectivity index (χ1) is 18.1. The molecule has 3 heterocycles. The molecule has 1 atom stereocenters. The van der Waals surface area contributed by atoms with Gasteiger partial charge in [0, 0.05) is 35.7 Å². The summed E-state index contributed by atoms with van der Waals surface area (Å²) in [6.45, 7) is 4.13.